The maximum atomic E-state index is 5.86. The predicted octanol–water partition coefficient (Wildman–Crippen LogP) is 1.58. The number of rotatable bonds is 4. The van der Waals surface area contributed by atoms with Gasteiger partial charge in [0.25, 0.3) is 0 Å². The standard InChI is InChI=1S/C13H17N3OS/c1-2-11(13-12(3-1)18-10-15-13)17-9-8-16-6-4-14-5-7-16/h1-3,10,14H,4-9H2. The minimum absolute atomic E-state index is 0.733. The monoisotopic (exact) mass is 263 g/mol. The summed E-state index contributed by atoms with van der Waals surface area (Å²) in [5.41, 5.74) is 2.86. The van der Waals surface area contributed by atoms with Gasteiger partial charge >= 0.3 is 0 Å². The fourth-order valence-electron chi connectivity index (χ4n) is 2.20. The Morgan fingerprint density at radius 1 is 1.33 bits per heavy atom. The van der Waals surface area contributed by atoms with Crippen molar-refractivity contribution in [2.24, 2.45) is 0 Å². The van der Waals surface area contributed by atoms with E-state index in [4.69, 9.17) is 4.74 Å². The van der Waals surface area contributed by atoms with Gasteiger partial charge in [0, 0.05) is 32.7 Å². The molecule has 0 radical (unpaired) electrons. The Morgan fingerprint density at radius 3 is 3.11 bits per heavy atom. The molecule has 0 atom stereocenters. The molecular formula is C13H17N3OS. The Hall–Kier alpha value is -1.17. The van der Waals surface area contributed by atoms with E-state index in [-0.39, 0.29) is 0 Å². The number of ether oxygens (including phenoxy) is 1. The molecule has 1 aliphatic heterocycles. The van der Waals surface area contributed by atoms with Crippen LogP contribution < -0.4 is 10.1 Å². The highest BCUT2D eigenvalue weighted by Gasteiger charge is 2.10. The second kappa shape index (κ2) is 5.65. The van der Waals surface area contributed by atoms with E-state index in [1.807, 2.05) is 17.6 Å². The lowest BCUT2D eigenvalue weighted by Crippen LogP contribution is -2.44. The smallest absolute Gasteiger partial charge is 0.146 e. The molecule has 0 saturated carbocycles. The number of piperazine rings is 1. The number of benzene rings is 1. The largest absolute Gasteiger partial charge is 0.490 e. The normalized spacial score (nSPS) is 17.1. The molecule has 0 amide bonds. The lowest BCUT2D eigenvalue weighted by atomic mass is 10.3. The highest BCUT2D eigenvalue weighted by Crippen LogP contribution is 2.26. The zero-order chi connectivity index (χ0) is 12.2. The molecule has 1 N–H and O–H groups in total. The van der Waals surface area contributed by atoms with E-state index in [1.54, 1.807) is 11.3 Å². The molecule has 96 valence electrons. The summed E-state index contributed by atoms with van der Waals surface area (Å²) in [6.07, 6.45) is 0. The number of fused-ring (bicyclic) bond motifs is 1. The van der Waals surface area contributed by atoms with Crippen LogP contribution in [-0.2, 0) is 0 Å². The van der Waals surface area contributed by atoms with E-state index in [1.165, 1.54) is 4.70 Å². The Morgan fingerprint density at radius 2 is 2.22 bits per heavy atom. The number of thiazole rings is 1. The number of hydrogen-bond acceptors (Lipinski definition) is 5. The summed E-state index contributed by atoms with van der Waals surface area (Å²) in [4.78, 5) is 6.78. The molecule has 2 aromatic rings. The number of aromatic nitrogens is 1. The third-order valence-electron chi connectivity index (χ3n) is 3.20. The fraction of sp³-hybridized carbons (Fsp3) is 0.462. The van der Waals surface area contributed by atoms with Gasteiger partial charge in [0.15, 0.2) is 0 Å². The summed E-state index contributed by atoms with van der Waals surface area (Å²) in [5, 5.41) is 3.35. The molecule has 0 bridgehead atoms. The average molecular weight is 263 g/mol. The summed E-state index contributed by atoms with van der Waals surface area (Å²) >= 11 is 1.65. The van der Waals surface area contributed by atoms with Crippen LogP contribution in [-0.4, -0.2) is 49.2 Å². The molecular weight excluding hydrogens is 246 g/mol. The molecule has 1 aromatic carbocycles. The van der Waals surface area contributed by atoms with Gasteiger partial charge in [-0.2, -0.15) is 0 Å². The summed E-state index contributed by atoms with van der Waals surface area (Å²) in [6.45, 7) is 6.12. The van der Waals surface area contributed by atoms with Gasteiger partial charge in [0.05, 0.1) is 10.2 Å². The lowest BCUT2D eigenvalue weighted by Gasteiger charge is -2.26. The van der Waals surface area contributed by atoms with E-state index in [2.05, 4.69) is 21.3 Å². The summed E-state index contributed by atoms with van der Waals surface area (Å²) < 4.78 is 7.05. The first kappa shape index (κ1) is 11.9. The third-order valence-corrected chi connectivity index (χ3v) is 3.99. The first-order valence-electron chi connectivity index (χ1n) is 6.31. The third kappa shape index (κ3) is 2.63. The Kier molecular flexibility index (Phi) is 3.73. The molecule has 0 unspecified atom stereocenters. The molecule has 0 aliphatic carbocycles. The van der Waals surface area contributed by atoms with Crippen molar-refractivity contribution in [3.8, 4) is 5.75 Å². The van der Waals surface area contributed by atoms with Crippen molar-refractivity contribution in [1.29, 1.82) is 0 Å². The second-order valence-corrected chi connectivity index (χ2v) is 5.28. The van der Waals surface area contributed by atoms with Crippen molar-refractivity contribution < 1.29 is 4.74 Å². The van der Waals surface area contributed by atoms with Crippen molar-refractivity contribution >= 4 is 21.6 Å². The summed E-state index contributed by atoms with van der Waals surface area (Å²) in [6, 6.07) is 6.11. The van der Waals surface area contributed by atoms with Crippen molar-refractivity contribution in [3.63, 3.8) is 0 Å². The number of nitrogens with zero attached hydrogens (tertiary/aromatic N) is 2. The quantitative estimate of drug-likeness (QED) is 0.909. The van der Waals surface area contributed by atoms with Crippen molar-refractivity contribution in [3.05, 3.63) is 23.7 Å². The van der Waals surface area contributed by atoms with Crippen LogP contribution in [0.5, 0.6) is 5.75 Å². The van der Waals surface area contributed by atoms with Gasteiger partial charge in [-0.1, -0.05) is 6.07 Å². The van der Waals surface area contributed by atoms with Gasteiger partial charge in [-0.3, -0.25) is 4.90 Å². The zero-order valence-electron chi connectivity index (χ0n) is 10.3. The van der Waals surface area contributed by atoms with Gasteiger partial charge in [-0.05, 0) is 12.1 Å². The number of para-hydroxylation sites is 1. The van der Waals surface area contributed by atoms with Crippen molar-refractivity contribution in [2.45, 2.75) is 0 Å². The van der Waals surface area contributed by atoms with Crippen LogP contribution in [0.4, 0.5) is 0 Å². The van der Waals surface area contributed by atoms with Crippen LogP contribution in [0.25, 0.3) is 10.2 Å². The predicted molar refractivity (Wildman–Crippen MR) is 74.4 cm³/mol. The van der Waals surface area contributed by atoms with E-state index in [9.17, 15) is 0 Å². The van der Waals surface area contributed by atoms with Gasteiger partial charge in [0.2, 0.25) is 0 Å². The second-order valence-electron chi connectivity index (χ2n) is 4.40. The van der Waals surface area contributed by atoms with Crippen LogP contribution in [0.1, 0.15) is 0 Å². The first-order chi connectivity index (χ1) is 8.93. The maximum absolute atomic E-state index is 5.86. The molecule has 5 heteroatoms. The molecule has 18 heavy (non-hydrogen) atoms. The maximum Gasteiger partial charge on any atom is 0.146 e. The van der Waals surface area contributed by atoms with Crippen LogP contribution >= 0.6 is 11.3 Å². The first-order valence-corrected chi connectivity index (χ1v) is 7.19. The van der Waals surface area contributed by atoms with Gasteiger partial charge in [0.1, 0.15) is 17.9 Å². The van der Waals surface area contributed by atoms with E-state index in [0.29, 0.717) is 0 Å². The highest BCUT2D eigenvalue weighted by atomic mass is 32.1. The molecule has 1 aliphatic rings. The van der Waals surface area contributed by atoms with Gasteiger partial charge < -0.3 is 10.1 Å². The minimum atomic E-state index is 0.733. The SMILES string of the molecule is c1cc(OCCN2CCNCC2)c2ncsc2c1. The van der Waals surface area contributed by atoms with Crippen LogP contribution in [0.3, 0.4) is 0 Å². The van der Waals surface area contributed by atoms with Crippen molar-refractivity contribution in [1.82, 2.24) is 15.2 Å². The average Bonchev–Trinajstić information content (AvgIpc) is 2.89. The zero-order valence-corrected chi connectivity index (χ0v) is 11.1. The Bertz CT molecular complexity index is 508. The molecule has 3 rings (SSSR count). The van der Waals surface area contributed by atoms with E-state index in [0.717, 1.165) is 50.6 Å². The molecule has 1 fully saturated rings. The van der Waals surface area contributed by atoms with E-state index < -0.39 is 0 Å². The van der Waals surface area contributed by atoms with Gasteiger partial charge in [-0.15, -0.1) is 11.3 Å². The van der Waals surface area contributed by atoms with Crippen LogP contribution in [0, 0.1) is 0 Å². The molecule has 2 heterocycles. The van der Waals surface area contributed by atoms with Gasteiger partial charge in [-0.25, -0.2) is 4.98 Å². The minimum Gasteiger partial charge on any atom is -0.490 e. The van der Waals surface area contributed by atoms with E-state index >= 15 is 0 Å². The lowest BCUT2D eigenvalue weighted by molar-refractivity contribution is 0.192. The summed E-state index contributed by atoms with van der Waals surface area (Å²) in [7, 11) is 0. The summed E-state index contributed by atoms with van der Waals surface area (Å²) in [5.74, 6) is 0.906. The highest BCUT2D eigenvalue weighted by molar-refractivity contribution is 7.16. The topological polar surface area (TPSA) is 37.4 Å². The molecule has 1 aromatic heterocycles. The Balaban J connectivity index is 1.57. The molecule has 1 saturated heterocycles. The number of hydrogen-bond donors (Lipinski definition) is 1. The van der Waals surface area contributed by atoms with Crippen molar-refractivity contribution in [2.75, 3.05) is 39.3 Å². The molecule has 4 nitrogen and oxygen atoms in total. The van der Waals surface area contributed by atoms with Crippen LogP contribution in [0.15, 0.2) is 23.7 Å². The fourth-order valence-corrected chi connectivity index (χ4v) is 2.89. The van der Waals surface area contributed by atoms with Crippen LogP contribution in [0.2, 0.25) is 0 Å². The Labute approximate surface area is 111 Å². The molecule has 0 spiro atoms. The number of nitrogens with one attached hydrogen (secondary N) is 1.